The van der Waals surface area contributed by atoms with E-state index in [0.717, 1.165) is 60.6 Å². The largest absolute Gasteiger partial charge is 0.494 e. The van der Waals surface area contributed by atoms with E-state index in [9.17, 15) is 22.8 Å². The van der Waals surface area contributed by atoms with E-state index < -0.39 is 15.9 Å². The van der Waals surface area contributed by atoms with Gasteiger partial charge in [0, 0.05) is 44.1 Å². The van der Waals surface area contributed by atoms with Crippen LogP contribution in [0.15, 0.2) is 108 Å². The van der Waals surface area contributed by atoms with Crippen LogP contribution in [-0.4, -0.2) is 76.9 Å². The molecular formula is C48H51ClN6O6S. The fourth-order valence-electron chi connectivity index (χ4n) is 7.61. The van der Waals surface area contributed by atoms with Gasteiger partial charge in [0.15, 0.2) is 5.69 Å². The number of carbonyl (C=O) groups is 3. The van der Waals surface area contributed by atoms with Gasteiger partial charge in [0.2, 0.25) is 0 Å². The molecule has 62 heavy (non-hydrogen) atoms. The van der Waals surface area contributed by atoms with Gasteiger partial charge in [-0.25, -0.2) is 17.8 Å². The first kappa shape index (κ1) is 44.0. The number of nitrogens with one attached hydrogen (secondary N) is 1. The summed E-state index contributed by atoms with van der Waals surface area (Å²) in [6, 6.07) is 26.3. The summed E-state index contributed by atoms with van der Waals surface area (Å²) in [5.41, 5.74) is 4.18. The number of benzene rings is 4. The molecular weight excluding hydrogens is 824 g/mol. The Bertz CT molecular complexity index is 2700. The van der Waals surface area contributed by atoms with Crippen molar-refractivity contribution in [2.75, 3.05) is 26.2 Å². The maximum atomic E-state index is 14.6. The third-order valence-corrected chi connectivity index (χ3v) is 13.0. The second-order valence-electron chi connectivity index (χ2n) is 15.5. The van der Waals surface area contributed by atoms with Crippen LogP contribution in [0.5, 0.6) is 5.75 Å². The number of aryl methyl sites for hydroxylation is 1. The van der Waals surface area contributed by atoms with Crippen molar-refractivity contribution < 1.29 is 27.5 Å². The molecule has 1 N–H and O–H groups in total. The van der Waals surface area contributed by atoms with Crippen LogP contribution in [0, 0.1) is 6.92 Å². The maximum Gasteiger partial charge on any atom is 0.275 e. The molecule has 14 heteroatoms. The molecule has 322 valence electrons. The van der Waals surface area contributed by atoms with E-state index in [2.05, 4.69) is 23.6 Å². The summed E-state index contributed by atoms with van der Waals surface area (Å²) in [5, 5.41) is 6.28. The second kappa shape index (κ2) is 19.8. The number of carbonyl (C=O) groups excluding carboxylic acids is 3. The Labute approximate surface area is 367 Å². The lowest BCUT2D eigenvalue weighted by Gasteiger charge is -2.29. The molecule has 0 atom stereocenters. The molecule has 12 nitrogen and oxygen atoms in total. The van der Waals surface area contributed by atoms with Crippen LogP contribution < -0.4 is 9.46 Å². The van der Waals surface area contributed by atoms with Crippen molar-refractivity contribution in [3.63, 3.8) is 0 Å². The van der Waals surface area contributed by atoms with Crippen molar-refractivity contribution in [1.82, 2.24) is 29.3 Å². The van der Waals surface area contributed by atoms with Gasteiger partial charge in [-0.05, 0) is 121 Å². The number of fused-ring (bicyclic) bond motifs is 2. The van der Waals surface area contributed by atoms with Gasteiger partial charge in [-0.3, -0.25) is 19.4 Å². The fourth-order valence-corrected chi connectivity index (χ4v) is 8.81. The first-order valence-corrected chi connectivity index (χ1v) is 23.0. The van der Waals surface area contributed by atoms with E-state index in [1.54, 1.807) is 41.2 Å². The number of ether oxygens (including phenoxy) is 1. The molecule has 0 saturated carbocycles. The van der Waals surface area contributed by atoms with Gasteiger partial charge in [-0.2, -0.15) is 5.10 Å². The third-order valence-electron chi connectivity index (χ3n) is 11.2. The summed E-state index contributed by atoms with van der Waals surface area (Å²) < 4.78 is 37.2. The SMILES string of the molecule is CCCCN(CCCC)C(=O)c1nn(-c2ccc(C(=O)NS(=O)(=O)c3ccc4ccc(OCCCc5ccncc5)cc4c3)cc2C(=O)N2CCc3ccccc3C2)c(C)c1Cl. The number of hydrogen-bond acceptors (Lipinski definition) is 8. The number of nitrogens with zero attached hydrogens (tertiary/aromatic N) is 5. The highest BCUT2D eigenvalue weighted by Crippen LogP contribution is 2.30. The molecule has 3 amide bonds. The van der Waals surface area contributed by atoms with E-state index in [0.29, 0.717) is 61.7 Å². The molecule has 6 aromatic rings. The smallest absolute Gasteiger partial charge is 0.275 e. The Morgan fingerprint density at radius 2 is 1.58 bits per heavy atom. The topological polar surface area (TPSA) is 144 Å². The molecule has 0 radical (unpaired) electrons. The van der Waals surface area contributed by atoms with Gasteiger partial charge in [0.1, 0.15) is 5.75 Å². The number of pyridine rings is 1. The van der Waals surface area contributed by atoms with Crippen molar-refractivity contribution in [2.24, 2.45) is 0 Å². The molecule has 2 aromatic heterocycles. The van der Waals surface area contributed by atoms with Crippen molar-refractivity contribution in [1.29, 1.82) is 0 Å². The van der Waals surface area contributed by atoms with E-state index >= 15 is 0 Å². The normalized spacial score (nSPS) is 12.5. The Kier molecular flexibility index (Phi) is 14.0. The van der Waals surface area contributed by atoms with Crippen LogP contribution >= 0.6 is 11.6 Å². The van der Waals surface area contributed by atoms with E-state index in [-0.39, 0.29) is 38.6 Å². The molecule has 3 heterocycles. The summed E-state index contributed by atoms with van der Waals surface area (Å²) in [7, 11) is -4.37. The number of sulfonamides is 1. The predicted octanol–water partition coefficient (Wildman–Crippen LogP) is 8.75. The predicted molar refractivity (Wildman–Crippen MR) is 241 cm³/mol. The fraction of sp³-hybridized carbons (Fsp3) is 0.312. The van der Waals surface area contributed by atoms with Crippen LogP contribution in [0.3, 0.4) is 0 Å². The minimum Gasteiger partial charge on any atom is -0.494 e. The van der Waals surface area contributed by atoms with Gasteiger partial charge >= 0.3 is 0 Å². The first-order chi connectivity index (χ1) is 30.0. The Balaban J connectivity index is 1.16. The van der Waals surface area contributed by atoms with Gasteiger partial charge in [0.05, 0.1) is 33.5 Å². The van der Waals surface area contributed by atoms with Gasteiger partial charge in [-0.15, -0.1) is 0 Å². The average Bonchev–Trinajstić information content (AvgIpc) is 3.59. The molecule has 0 fully saturated rings. The molecule has 0 bridgehead atoms. The molecule has 7 rings (SSSR count). The van der Waals surface area contributed by atoms with Gasteiger partial charge in [0.25, 0.3) is 27.7 Å². The molecule has 0 aliphatic carbocycles. The summed E-state index contributed by atoms with van der Waals surface area (Å²) in [6.45, 7) is 8.21. The van der Waals surface area contributed by atoms with Gasteiger partial charge < -0.3 is 14.5 Å². The highest BCUT2D eigenvalue weighted by molar-refractivity contribution is 7.90. The number of amides is 3. The standard InChI is InChI=1S/C48H51ClN6O6S/c1-4-6-25-53(26-7-5-2)48(58)45-44(49)33(3)55(51-45)43-19-16-37(31-42(43)47(57)54-27-22-35-12-8-9-13-38(35)32-54)46(56)52-62(59,60)41-18-15-36-14-17-40(29-39(36)30-41)61-28-10-11-34-20-23-50-24-21-34/h8-9,12-21,23-24,29-31H,4-7,10-11,22,25-28,32H2,1-3H3,(H,52,56). The van der Waals surface area contributed by atoms with Crippen molar-refractivity contribution in [3.8, 4) is 11.4 Å². The van der Waals surface area contributed by atoms with Crippen molar-refractivity contribution >= 4 is 50.1 Å². The van der Waals surface area contributed by atoms with Crippen molar-refractivity contribution in [3.05, 3.63) is 148 Å². The third kappa shape index (κ3) is 10.0. The zero-order valence-corrected chi connectivity index (χ0v) is 36.8. The average molecular weight is 875 g/mol. The maximum absolute atomic E-state index is 14.6. The monoisotopic (exact) mass is 874 g/mol. The lowest BCUT2D eigenvalue weighted by Crippen LogP contribution is -2.37. The number of unbranched alkanes of at least 4 members (excludes halogenated alkanes) is 2. The Morgan fingerprint density at radius 3 is 2.32 bits per heavy atom. The van der Waals surface area contributed by atoms with Crippen LogP contribution in [0.25, 0.3) is 16.5 Å². The zero-order valence-electron chi connectivity index (χ0n) is 35.3. The first-order valence-electron chi connectivity index (χ1n) is 21.1. The highest BCUT2D eigenvalue weighted by atomic mass is 35.5. The van der Waals surface area contributed by atoms with Crippen LogP contribution in [0.2, 0.25) is 5.02 Å². The molecule has 0 unspecified atom stereocenters. The second-order valence-corrected chi connectivity index (χ2v) is 17.6. The number of rotatable bonds is 17. The lowest BCUT2D eigenvalue weighted by atomic mass is 9.98. The van der Waals surface area contributed by atoms with E-state index in [4.69, 9.17) is 21.4 Å². The number of aromatic nitrogens is 3. The van der Waals surface area contributed by atoms with E-state index in [1.807, 2.05) is 48.5 Å². The minimum atomic E-state index is -4.37. The summed E-state index contributed by atoms with van der Waals surface area (Å²) in [6.07, 6.45) is 9.26. The summed E-state index contributed by atoms with van der Waals surface area (Å²) in [4.78, 5) is 49.8. The lowest BCUT2D eigenvalue weighted by molar-refractivity contribution is 0.0732. The molecule has 1 aliphatic rings. The Hall–Kier alpha value is -6.05. The minimum absolute atomic E-state index is 0.0566. The summed E-state index contributed by atoms with van der Waals surface area (Å²) >= 11 is 6.85. The number of hydrogen-bond donors (Lipinski definition) is 1. The van der Waals surface area contributed by atoms with Crippen LogP contribution in [0.4, 0.5) is 0 Å². The molecule has 1 aliphatic heterocycles. The molecule has 4 aromatic carbocycles. The molecule has 0 spiro atoms. The summed E-state index contributed by atoms with van der Waals surface area (Å²) in [5.74, 6) is -1.01. The van der Waals surface area contributed by atoms with Crippen LogP contribution in [0.1, 0.15) is 99.5 Å². The van der Waals surface area contributed by atoms with Gasteiger partial charge in [-0.1, -0.05) is 74.7 Å². The highest BCUT2D eigenvalue weighted by Gasteiger charge is 2.30. The zero-order chi connectivity index (χ0) is 43.8. The van der Waals surface area contributed by atoms with Crippen molar-refractivity contribution in [2.45, 2.75) is 77.2 Å². The molecule has 0 saturated heterocycles. The van der Waals surface area contributed by atoms with E-state index in [1.165, 1.54) is 35.0 Å². The number of halogens is 1. The quantitative estimate of drug-likeness (QED) is 0.0897. The van der Waals surface area contributed by atoms with Crippen LogP contribution in [-0.2, 0) is 29.4 Å². The Morgan fingerprint density at radius 1 is 0.855 bits per heavy atom.